The molecule has 3 rings (SSSR count). The number of amides is 2. The lowest BCUT2D eigenvalue weighted by molar-refractivity contribution is 0.0629. The molecule has 1 aromatic heterocycles. The Morgan fingerprint density at radius 2 is 1.70 bits per heavy atom. The number of imide groups is 1. The van der Waals surface area contributed by atoms with Crippen LogP contribution in [0.15, 0.2) is 53.9 Å². The van der Waals surface area contributed by atoms with Crippen molar-refractivity contribution in [3.8, 4) is 0 Å². The number of benzene rings is 1. The molecule has 1 aromatic carbocycles. The summed E-state index contributed by atoms with van der Waals surface area (Å²) in [6.45, 7) is 0.645. The fourth-order valence-corrected chi connectivity index (χ4v) is 2.33. The van der Waals surface area contributed by atoms with Gasteiger partial charge in [-0.1, -0.05) is 17.3 Å². The molecule has 0 fully saturated rings. The van der Waals surface area contributed by atoms with Gasteiger partial charge < -0.3 is 4.84 Å². The van der Waals surface area contributed by atoms with E-state index in [1.54, 1.807) is 42.9 Å². The van der Waals surface area contributed by atoms with Gasteiger partial charge in [-0.2, -0.15) is 0 Å². The molecule has 0 aliphatic carbocycles. The van der Waals surface area contributed by atoms with Crippen molar-refractivity contribution in [1.82, 2.24) is 9.88 Å². The number of pyridine rings is 1. The Kier molecular flexibility index (Phi) is 4.42. The van der Waals surface area contributed by atoms with Gasteiger partial charge in [-0.3, -0.25) is 19.5 Å². The minimum absolute atomic E-state index is 0.245. The van der Waals surface area contributed by atoms with Crippen molar-refractivity contribution >= 4 is 18.0 Å². The van der Waals surface area contributed by atoms with Gasteiger partial charge in [0, 0.05) is 25.4 Å². The summed E-state index contributed by atoms with van der Waals surface area (Å²) in [4.78, 5) is 34.6. The Labute approximate surface area is 133 Å². The zero-order chi connectivity index (χ0) is 16.1. The van der Waals surface area contributed by atoms with Crippen LogP contribution in [0, 0.1) is 0 Å². The van der Waals surface area contributed by atoms with Crippen molar-refractivity contribution in [3.05, 3.63) is 65.5 Å². The summed E-state index contributed by atoms with van der Waals surface area (Å²) >= 11 is 0. The first-order valence-corrected chi connectivity index (χ1v) is 7.28. The molecule has 2 aromatic rings. The number of nitrogens with zero attached hydrogens (tertiary/aromatic N) is 3. The lowest BCUT2D eigenvalue weighted by Crippen LogP contribution is -2.31. The fourth-order valence-electron chi connectivity index (χ4n) is 2.33. The third kappa shape index (κ3) is 3.26. The zero-order valence-corrected chi connectivity index (χ0v) is 12.4. The predicted octanol–water partition coefficient (Wildman–Crippen LogP) is 2.12. The van der Waals surface area contributed by atoms with Crippen molar-refractivity contribution < 1.29 is 14.4 Å². The lowest BCUT2D eigenvalue weighted by Gasteiger charge is -2.12. The summed E-state index contributed by atoms with van der Waals surface area (Å²) in [7, 11) is 0. The van der Waals surface area contributed by atoms with E-state index < -0.39 is 0 Å². The van der Waals surface area contributed by atoms with Crippen molar-refractivity contribution in [1.29, 1.82) is 0 Å². The van der Waals surface area contributed by atoms with Gasteiger partial charge >= 0.3 is 0 Å². The van der Waals surface area contributed by atoms with Crippen molar-refractivity contribution in [2.45, 2.75) is 6.42 Å². The number of rotatable bonds is 6. The number of carbonyl (C=O) groups is 2. The fraction of sp³-hybridized carbons (Fsp3) is 0.176. The maximum atomic E-state index is 12.1. The maximum Gasteiger partial charge on any atom is 0.261 e. The Morgan fingerprint density at radius 3 is 2.35 bits per heavy atom. The molecule has 0 N–H and O–H groups in total. The largest absolute Gasteiger partial charge is 0.396 e. The quantitative estimate of drug-likeness (QED) is 0.355. The van der Waals surface area contributed by atoms with Gasteiger partial charge in [-0.05, 0) is 29.8 Å². The van der Waals surface area contributed by atoms with Crippen LogP contribution in [-0.4, -0.2) is 41.1 Å². The highest BCUT2D eigenvalue weighted by atomic mass is 16.6. The Bertz CT molecular complexity index is 709. The molecule has 0 atom stereocenters. The van der Waals surface area contributed by atoms with Crippen molar-refractivity contribution in [2.75, 3.05) is 13.2 Å². The molecule has 0 saturated heterocycles. The molecule has 23 heavy (non-hydrogen) atoms. The molecule has 2 amide bonds. The van der Waals surface area contributed by atoms with Gasteiger partial charge in [0.15, 0.2) is 0 Å². The van der Waals surface area contributed by atoms with Crippen LogP contribution in [0.2, 0.25) is 0 Å². The molecule has 0 bridgehead atoms. The van der Waals surface area contributed by atoms with Gasteiger partial charge in [0.25, 0.3) is 11.8 Å². The highest BCUT2D eigenvalue weighted by molar-refractivity contribution is 6.21. The number of aromatic nitrogens is 1. The monoisotopic (exact) mass is 309 g/mol. The topological polar surface area (TPSA) is 71.9 Å². The maximum absolute atomic E-state index is 12.1. The lowest BCUT2D eigenvalue weighted by atomic mass is 10.1. The Balaban J connectivity index is 1.46. The first-order chi connectivity index (χ1) is 11.3. The molecular formula is C17H15N3O3. The number of hydrogen-bond donors (Lipinski definition) is 0. The van der Waals surface area contributed by atoms with Gasteiger partial charge in [0.1, 0.15) is 6.61 Å². The van der Waals surface area contributed by atoms with Crippen LogP contribution >= 0.6 is 0 Å². The summed E-state index contributed by atoms with van der Waals surface area (Å²) in [5.41, 5.74) is 1.82. The number of carbonyl (C=O) groups excluding carboxylic acids is 2. The normalized spacial score (nSPS) is 13.7. The van der Waals surface area contributed by atoms with E-state index in [9.17, 15) is 9.59 Å². The summed E-state index contributed by atoms with van der Waals surface area (Å²) in [5, 5.41) is 3.84. The molecule has 0 saturated carbocycles. The summed E-state index contributed by atoms with van der Waals surface area (Å²) in [6.07, 6.45) is 5.45. The van der Waals surface area contributed by atoms with Crippen LogP contribution in [0.1, 0.15) is 32.7 Å². The number of hydrogen-bond acceptors (Lipinski definition) is 5. The predicted molar refractivity (Wildman–Crippen MR) is 84.2 cm³/mol. The second-order valence-corrected chi connectivity index (χ2v) is 5.01. The van der Waals surface area contributed by atoms with E-state index in [1.165, 1.54) is 4.90 Å². The minimum atomic E-state index is -0.245. The van der Waals surface area contributed by atoms with E-state index >= 15 is 0 Å². The number of oxime groups is 1. The summed E-state index contributed by atoms with van der Waals surface area (Å²) in [5.74, 6) is -0.489. The van der Waals surface area contributed by atoms with E-state index in [2.05, 4.69) is 10.1 Å². The van der Waals surface area contributed by atoms with E-state index in [4.69, 9.17) is 4.84 Å². The van der Waals surface area contributed by atoms with Gasteiger partial charge in [0.2, 0.25) is 0 Å². The first-order valence-electron chi connectivity index (χ1n) is 7.28. The van der Waals surface area contributed by atoms with Crippen LogP contribution in [0.4, 0.5) is 0 Å². The van der Waals surface area contributed by atoms with Crippen LogP contribution in [0.5, 0.6) is 0 Å². The van der Waals surface area contributed by atoms with E-state index in [-0.39, 0.29) is 11.8 Å². The van der Waals surface area contributed by atoms with E-state index in [0.29, 0.717) is 30.7 Å². The second-order valence-electron chi connectivity index (χ2n) is 5.01. The molecule has 1 aliphatic heterocycles. The molecule has 0 radical (unpaired) electrons. The Hall–Kier alpha value is -3.02. The SMILES string of the molecule is O=C1c2ccccc2C(=O)N1CCCO/N=C/c1ccncc1. The average Bonchev–Trinajstić information content (AvgIpc) is 2.84. The first kappa shape index (κ1) is 14.9. The molecule has 116 valence electrons. The van der Waals surface area contributed by atoms with Gasteiger partial charge in [-0.25, -0.2) is 0 Å². The average molecular weight is 309 g/mol. The molecule has 6 heteroatoms. The molecule has 1 aliphatic rings. The van der Waals surface area contributed by atoms with Crippen molar-refractivity contribution in [3.63, 3.8) is 0 Å². The van der Waals surface area contributed by atoms with E-state index in [1.807, 2.05) is 12.1 Å². The highest BCUT2D eigenvalue weighted by Crippen LogP contribution is 2.22. The van der Waals surface area contributed by atoms with Gasteiger partial charge in [0.05, 0.1) is 17.3 Å². The highest BCUT2D eigenvalue weighted by Gasteiger charge is 2.34. The second kappa shape index (κ2) is 6.83. The molecule has 0 spiro atoms. The standard InChI is InChI=1S/C17H15N3O3/c21-16-14-4-1-2-5-15(14)17(22)20(16)10-3-11-23-19-12-13-6-8-18-9-7-13/h1-2,4-9,12H,3,10-11H2/b19-12+. The van der Waals surface area contributed by atoms with Crippen LogP contribution < -0.4 is 0 Å². The van der Waals surface area contributed by atoms with Crippen LogP contribution in [0.3, 0.4) is 0 Å². The van der Waals surface area contributed by atoms with Crippen LogP contribution in [-0.2, 0) is 4.84 Å². The Morgan fingerprint density at radius 1 is 1.04 bits per heavy atom. The smallest absolute Gasteiger partial charge is 0.261 e. The van der Waals surface area contributed by atoms with Crippen molar-refractivity contribution in [2.24, 2.45) is 5.16 Å². The molecule has 6 nitrogen and oxygen atoms in total. The summed E-state index contributed by atoms with van der Waals surface area (Å²) in [6, 6.07) is 10.5. The molecular weight excluding hydrogens is 294 g/mol. The third-order valence-electron chi connectivity index (χ3n) is 3.48. The van der Waals surface area contributed by atoms with Gasteiger partial charge in [-0.15, -0.1) is 0 Å². The third-order valence-corrected chi connectivity index (χ3v) is 3.48. The minimum Gasteiger partial charge on any atom is -0.396 e. The molecule has 0 unspecified atom stereocenters. The molecule has 2 heterocycles. The number of fused-ring (bicyclic) bond motifs is 1. The zero-order valence-electron chi connectivity index (χ0n) is 12.4. The van der Waals surface area contributed by atoms with E-state index in [0.717, 1.165) is 5.56 Å². The summed E-state index contributed by atoms with van der Waals surface area (Å²) < 4.78 is 0. The van der Waals surface area contributed by atoms with Crippen LogP contribution in [0.25, 0.3) is 0 Å².